The van der Waals surface area contributed by atoms with Crippen LogP contribution in [0, 0.1) is 5.92 Å². The van der Waals surface area contributed by atoms with Crippen LogP contribution in [0.2, 0.25) is 0 Å². The lowest BCUT2D eigenvalue weighted by Crippen LogP contribution is -2.22. The number of carboxylic acid groups (broad SMARTS) is 1. The summed E-state index contributed by atoms with van der Waals surface area (Å²) in [7, 11) is -3.23. The average molecular weight is 220 g/mol. The van der Waals surface area contributed by atoms with E-state index in [2.05, 4.69) is 6.58 Å². The minimum Gasteiger partial charge on any atom is -0.481 e. The van der Waals surface area contributed by atoms with Crippen LogP contribution in [-0.4, -0.2) is 31.0 Å². The quantitative estimate of drug-likeness (QED) is 0.515. The molecular formula is C9H16O4S. The maximum atomic E-state index is 11.3. The highest BCUT2D eigenvalue weighted by Crippen LogP contribution is 2.05. The van der Waals surface area contributed by atoms with Gasteiger partial charge in [0.15, 0.2) is 9.84 Å². The van der Waals surface area contributed by atoms with Crippen LogP contribution in [0.1, 0.15) is 19.8 Å². The van der Waals surface area contributed by atoms with E-state index in [1.807, 2.05) is 0 Å². The van der Waals surface area contributed by atoms with Crippen LogP contribution in [0.15, 0.2) is 12.7 Å². The fraction of sp³-hybridized carbons (Fsp3) is 0.667. The number of sulfone groups is 1. The van der Waals surface area contributed by atoms with Crippen LogP contribution in [0.3, 0.4) is 0 Å². The maximum absolute atomic E-state index is 11.3. The summed E-state index contributed by atoms with van der Waals surface area (Å²) in [4.78, 5) is 10.4. The van der Waals surface area contributed by atoms with Gasteiger partial charge in [0.1, 0.15) is 0 Å². The Hall–Kier alpha value is -0.840. The molecule has 0 aliphatic carbocycles. The summed E-state index contributed by atoms with van der Waals surface area (Å²) >= 11 is 0. The Kier molecular flexibility index (Phi) is 5.45. The normalized spacial score (nSPS) is 13.5. The predicted octanol–water partition coefficient (Wildman–Crippen LogP) is 1.09. The lowest BCUT2D eigenvalue weighted by molar-refractivity contribution is -0.140. The molecule has 1 N–H and O–H groups in total. The van der Waals surface area contributed by atoms with Crippen molar-refractivity contribution >= 4 is 15.8 Å². The Morgan fingerprint density at radius 3 is 2.57 bits per heavy atom. The lowest BCUT2D eigenvalue weighted by Gasteiger charge is -2.06. The van der Waals surface area contributed by atoms with Gasteiger partial charge in [-0.1, -0.05) is 13.0 Å². The van der Waals surface area contributed by atoms with E-state index in [9.17, 15) is 13.2 Å². The summed E-state index contributed by atoms with van der Waals surface area (Å²) < 4.78 is 22.6. The molecule has 0 rings (SSSR count). The fourth-order valence-corrected chi connectivity index (χ4v) is 2.66. The smallest absolute Gasteiger partial charge is 0.307 e. The van der Waals surface area contributed by atoms with E-state index >= 15 is 0 Å². The Morgan fingerprint density at radius 1 is 1.57 bits per heavy atom. The highest BCUT2D eigenvalue weighted by atomic mass is 32.2. The summed E-state index contributed by atoms with van der Waals surface area (Å²) in [6, 6.07) is 0. The minimum absolute atomic E-state index is 0.0383. The van der Waals surface area contributed by atoms with E-state index in [-0.39, 0.29) is 11.5 Å². The number of rotatable bonds is 7. The SMILES string of the molecule is C=CCCCS(=O)(=O)C[C@@H](C)C(=O)O. The van der Waals surface area contributed by atoms with Crippen LogP contribution >= 0.6 is 0 Å². The standard InChI is InChI=1S/C9H16O4S/c1-3-4-5-6-14(12,13)7-8(2)9(10)11/h3,8H,1,4-7H2,2H3,(H,10,11)/t8-/m1/s1. The zero-order valence-corrected chi connectivity index (χ0v) is 9.09. The number of allylic oxidation sites excluding steroid dienone is 1. The zero-order valence-electron chi connectivity index (χ0n) is 8.27. The monoisotopic (exact) mass is 220 g/mol. The molecule has 1 atom stereocenters. The molecule has 0 aliphatic heterocycles. The second kappa shape index (κ2) is 5.80. The van der Waals surface area contributed by atoms with Gasteiger partial charge in [0.05, 0.1) is 17.4 Å². The largest absolute Gasteiger partial charge is 0.481 e. The Bertz CT molecular complexity index is 292. The molecule has 0 saturated heterocycles. The second-order valence-electron chi connectivity index (χ2n) is 3.28. The van der Waals surface area contributed by atoms with Crippen LogP contribution in [0.4, 0.5) is 0 Å². The molecular weight excluding hydrogens is 204 g/mol. The summed E-state index contributed by atoms with van der Waals surface area (Å²) in [6.07, 6.45) is 2.80. The van der Waals surface area contributed by atoms with E-state index in [0.717, 1.165) is 0 Å². The second-order valence-corrected chi connectivity index (χ2v) is 5.51. The molecule has 4 nitrogen and oxygen atoms in total. The third-order valence-corrected chi connectivity index (χ3v) is 3.71. The molecule has 0 spiro atoms. The van der Waals surface area contributed by atoms with Gasteiger partial charge in [-0.2, -0.15) is 0 Å². The van der Waals surface area contributed by atoms with Crippen molar-refractivity contribution in [3.63, 3.8) is 0 Å². The van der Waals surface area contributed by atoms with Gasteiger partial charge in [-0.25, -0.2) is 8.42 Å². The van der Waals surface area contributed by atoms with Gasteiger partial charge in [0, 0.05) is 0 Å². The molecule has 0 bridgehead atoms. The fourth-order valence-electron chi connectivity index (χ4n) is 0.983. The molecule has 0 aromatic rings. The first kappa shape index (κ1) is 13.2. The molecule has 0 aromatic heterocycles. The van der Waals surface area contributed by atoms with E-state index < -0.39 is 21.7 Å². The average Bonchev–Trinajstić information content (AvgIpc) is 2.03. The van der Waals surface area contributed by atoms with Gasteiger partial charge in [-0.15, -0.1) is 6.58 Å². The van der Waals surface area contributed by atoms with Crippen molar-refractivity contribution in [2.24, 2.45) is 5.92 Å². The molecule has 0 aromatic carbocycles. The van der Waals surface area contributed by atoms with Crippen molar-refractivity contribution < 1.29 is 18.3 Å². The van der Waals surface area contributed by atoms with Gasteiger partial charge in [0.2, 0.25) is 0 Å². The molecule has 82 valence electrons. The number of hydrogen-bond donors (Lipinski definition) is 1. The minimum atomic E-state index is -3.23. The third-order valence-electron chi connectivity index (χ3n) is 1.79. The van der Waals surface area contributed by atoms with Crippen LogP contribution < -0.4 is 0 Å². The summed E-state index contributed by atoms with van der Waals surface area (Å²) in [6.45, 7) is 4.88. The van der Waals surface area contributed by atoms with Crippen LogP contribution in [-0.2, 0) is 14.6 Å². The summed E-state index contributed by atoms with van der Waals surface area (Å²) in [5.74, 6) is -2.14. The third kappa shape index (κ3) is 5.75. The molecule has 0 unspecified atom stereocenters. The number of aliphatic carboxylic acids is 1. The highest BCUT2D eigenvalue weighted by Gasteiger charge is 2.20. The van der Waals surface area contributed by atoms with Crippen LogP contribution in [0.25, 0.3) is 0 Å². The summed E-state index contributed by atoms with van der Waals surface area (Å²) in [5, 5.41) is 8.54. The van der Waals surface area contributed by atoms with Gasteiger partial charge < -0.3 is 5.11 Å². The molecule has 0 fully saturated rings. The van der Waals surface area contributed by atoms with Gasteiger partial charge in [-0.3, -0.25) is 4.79 Å². The van der Waals surface area contributed by atoms with Gasteiger partial charge in [0.25, 0.3) is 0 Å². The predicted molar refractivity (Wildman–Crippen MR) is 54.9 cm³/mol. The Morgan fingerprint density at radius 2 is 2.14 bits per heavy atom. The number of unbranched alkanes of at least 4 members (excludes halogenated alkanes) is 1. The Balaban J connectivity index is 4.07. The molecule has 5 heteroatoms. The molecule has 0 aliphatic rings. The lowest BCUT2D eigenvalue weighted by atomic mass is 10.2. The first-order valence-corrected chi connectivity index (χ1v) is 6.25. The molecule has 0 radical (unpaired) electrons. The van der Waals surface area contributed by atoms with Crippen molar-refractivity contribution in [1.82, 2.24) is 0 Å². The Labute approximate surface area is 84.6 Å². The molecule has 0 amide bonds. The number of carboxylic acids is 1. The van der Waals surface area contributed by atoms with E-state index in [4.69, 9.17) is 5.11 Å². The maximum Gasteiger partial charge on any atom is 0.307 e. The van der Waals surface area contributed by atoms with E-state index in [1.54, 1.807) is 6.08 Å². The zero-order chi connectivity index (χ0) is 11.2. The first-order valence-electron chi connectivity index (χ1n) is 4.43. The van der Waals surface area contributed by atoms with Crippen molar-refractivity contribution in [2.75, 3.05) is 11.5 Å². The molecule has 0 saturated carbocycles. The molecule has 0 heterocycles. The van der Waals surface area contributed by atoms with E-state index in [0.29, 0.717) is 12.8 Å². The van der Waals surface area contributed by atoms with Crippen molar-refractivity contribution in [3.8, 4) is 0 Å². The van der Waals surface area contributed by atoms with Gasteiger partial charge >= 0.3 is 5.97 Å². The number of hydrogen-bond acceptors (Lipinski definition) is 3. The topological polar surface area (TPSA) is 71.4 Å². The number of carbonyl (C=O) groups is 1. The van der Waals surface area contributed by atoms with Gasteiger partial charge in [-0.05, 0) is 12.8 Å². The highest BCUT2D eigenvalue weighted by molar-refractivity contribution is 7.91. The summed E-state index contributed by atoms with van der Waals surface area (Å²) in [5.41, 5.74) is 0. The van der Waals surface area contributed by atoms with E-state index in [1.165, 1.54) is 6.92 Å². The first-order chi connectivity index (χ1) is 6.39. The van der Waals surface area contributed by atoms with Crippen molar-refractivity contribution in [3.05, 3.63) is 12.7 Å². The molecule has 14 heavy (non-hydrogen) atoms. The van der Waals surface area contributed by atoms with Crippen molar-refractivity contribution in [1.29, 1.82) is 0 Å². The van der Waals surface area contributed by atoms with Crippen LogP contribution in [0.5, 0.6) is 0 Å². The van der Waals surface area contributed by atoms with Crippen molar-refractivity contribution in [2.45, 2.75) is 19.8 Å².